The average molecular weight is 126 g/mol. The molecule has 1 heteroatoms. The molecule has 0 spiro atoms. The maximum absolute atomic E-state index is 7.17. The molecule has 1 rings (SSSR count). The van der Waals surface area contributed by atoms with Gasteiger partial charge in [0.25, 0.3) is 0 Å². The van der Waals surface area contributed by atoms with E-state index < -0.39 is 0 Å². The van der Waals surface area contributed by atoms with Gasteiger partial charge in [-0.25, -0.2) is 0 Å². The minimum Gasteiger partial charge on any atom is -0.677 e. The van der Waals surface area contributed by atoms with Crippen LogP contribution >= 0.6 is 0 Å². The smallest absolute Gasteiger partial charge is 0.0415 e. The van der Waals surface area contributed by atoms with Crippen molar-refractivity contribution >= 4 is 0 Å². The van der Waals surface area contributed by atoms with Crippen LogP contribution in [0.15, 0.2) is 0 Å². The van der Waals surface area contributed by atoms with E-state index in [0.29, 0.717) is 6.54 Å². The summed E-state index contributed by atoms with van der Waals surface area (Å²) in [5.74, 6) is 1.70. The highest BCUT2D eigenvalue weighted by atomic mass is 14.6. The van der Waals surface area contributed by atoms with E-state index in [9.17, 15) is 0 Å². The van der Waals surface area contributed by atoms with Gasteiger partial charge in [0.05, 0.1) is 0 Å². The first-order chi connectivity index (χ1) is 4.36. The first-order valence-electron chi connectivity index (χ1n) is 4.01. The molecule has 0 radical (unpaired) electrons. The first-order valence-corrected chi connectivity index (χ1v) is 4.01. The molecule has 1 aliphatic rings. The van der Waals surface area contributed by atoms with Crippen molar-refractivity contribution in [3.63, 3.8) is 0 Å². The second kappa shape index (κ2) is 3.21. The van der Waals surface area contributed by atoms with E-state index in [4.69, 9.17) is 5.73 Å². The molecule has 0 saturated heterocycles. The zero-order valence-corrected chi connectivity index (χ0v) is 6.19. The molecule has 0 aliphatic heterocycles. The molecule has 0 amide bonds. The third kappa shape index (κ3) is 1.68. The van der Waals surface area contributed by atoms with Crippen LogP contribution in [0.2, 0.25) is 0 Å². The van der Waals surface area contributed by atoms with Crippen LogP contribution in [0.1, 0.15) is 32.6 Å². The van der Waals surface area contributed by atoms with Crippen molar-refractivity contribution < 1.29 is 0 Å². The number of nitrogens with one attached hydrogen (secondary N) is 1. The lowest BCUT2D eigenvalue weighted by Gasteiger charge is -2.10. The van der Waals surface area contributed by atoms with E-state index in [2.05, 4.69) is 6.92 Å². The highest BCUT2D eigenvalue weighted by Gasteiger charge is 2.19. The van der Waals surface area contributed by atoms with E-state index in [0.717, 1.165) is 11.8 Å². The molecule has 9 heavy (non-hydrogen) atoms. The molecule has 1 fully saturated rings. The Morgan fingerprint density at radius 1 is 1.33 bits per heavy atom. The van der Waals surface area contributed by atoms with Crippen molar-refractivity contribution in [1.29, 1.82) is 0 Å². The van der Waals surface area contributed by atoms with Crippen LogP contribution in [0.5, 0.6) is 0 Å². The fraction of sp³-hybridized carbons (Fsp3) is 1.00. The summed E-state index contributed by atoms with van der Waals surface area (Å²) in [6.45, 7) is 2.92. The lowest BCUT2D eigenvalue weighted by atomic mass is 10.0. The van der Waals surface area contributed by atoms with Crippen LogP contribution in [0, 0.1) is 11.8 Å². The van der Waals surface area contributed by atoms with E-state index in [1.807, 2.05) is 0 Å². The van der Waals surface area contributed by atoms with Gasteiger partial charge in [0.1, 0.15) is 0 Å². The van der Waals surface area contributed by atoms with Crippen molar-refractivity contribution in [2.24, 2.45) is 11.8 Å². The van der Waals surface area contributed by atoms with Crippen LogP contribution in [-0.4, -0.2) is 6.54 Å². The monoisotopic (exact) mass is 126 g/mol. The number of hydrogen-bond acceptors (Lipinski definition) is 0. The largest absolute Gasteiger partial charge is 0.677 e. The Bertz CT molecular complexity index is 70.6. The summed E-state index contributed by atoms with van der Waals surface area (Å²) in [6.07, 6.45) is 5.37. The Hall–Kier alpha value is -0.0400. The van der Waals surface area contributed by atoms with Crippen molar-refractivity contribution in [3.05, 3.63) is 5.73 Å². The fourth-order valence-corrected chi connectivity index (χ4v) is 1.73. The van der Waals surface area contributed by atoms with Crippen LogP contribution in [-0.2, 0) is 0 Å². The third-order valence-corrected chi connectivity index (χ3v) is 2.52. The predicted molar refractivity (Wildman–Crippen MR) is 40.3 cm³/mol. The van der Waals surface area contributed by atoms with Crippen LogP contribution < -0.4 is 0 Å². The maximum Gasteiger partial charge on any atom is -0.0415 e. The molecular weight excluding hydrogens is 110 g/mol. The Morgan fingerprint density at radius 2 is 2.00 bits per heavy atom. The topological polar surface area (TPSA) is 23.8 Å². The summed E-state index contributed by atoms with van der Waals surface area (Å²) in [5, 5.41) is 0. The van der Waals surface area contributed by atoms with Crippen molar-refractivity contribution in [1.82, 2.24) is 0 Å². The fourth-order valence-electron chi connectivity index (χ4n) is 1.73. The summed E-state index contributed by atoms with van der Waals surface area (Å²) < 4.78 is 0. The second-order valence-electron chi connectivity index (χ2n) is 3.16. The van der Waals surface area contributed by atoms with Gasteiger partial charge in [0, 0.05) is 0 Å². The minimum absolute atomic E-state index is 0.663. The lowest BCUT2D eigenvalue weighted by molar-refractivity contribution is 0.497. The highest BCUT2D eigenvalue weighted by Crippen LogP contribution is 2.32. The summed E-state index contributed by atoms with van der Waals surface area (Å²) in [6, 6.07) is 0. The van der Waals surface area contributed by atoms with E-state index in [-0.39, 0.29) is 0 Å². The van der Waals surface area contributed by atoms with Crippen LogP contribution in [0.25, 0.3) is 5.73 Å². The normalized spacial score (nSPS) is 35.3. The van der Waals surface area contributed by atoms with Crippen LogP contribution in [0.3, 0.4) is 0 Å². The Kier molecular flexibility index (Phi) is 2.52. The molecule has 2 atom stereocenters. The molecule has 1 N–H and O–H groups in total. The molecule has 54 valence electrons. The lowest BCUT2D eigenvalue weighted by Crippen LogP contribution is -1.97. The summed E-state index contributed by atoms with van der Waals surface area (Å²) in [4.78, 5) is 0. The summed E-state index contributed by atoms with van der Waals surface area (Å²) >= 11 is 0. The molecule has 1 saturated carbocycles. The van der Waals surface area contributed by atoms with Gasteiger partial charge < -0.3 is 5.73 Å². The molecular formula is C8H16N-. The van der Waals surface area contributed by atoms with E-state index >= 15 is 0 Å². The summed E-state index contributed by atoms with van der Waals surface area (Å²) in [7, 11) is 0. The predicted octanol–water partition coefficient (Wildman–Crippen LogP) is 2.86. The van der Waals surface area contributed by atoms with Crippen molar-refractivity contribution in [3.8, 4) is 0 Å². The minimum atomic E-state index is 0.663. The molecule has 0 heterocycles. The van der Waals surface area contributed by atoms with Crippen LogP contribution in [0.4, 0.5) is 0 Å². The van der Waals surface area contributed by atoms with Gasteiger partial charge >= 0.3 is 0 Å². The Balaban J connectivity index is 2.20. The zero-order valence-electron chi connectivity index (χ0n) is 6.19. The SMILES string of the molecule is CCC1CCC(C[NH-])C1. The molecule has 0 aromatic rings. The average Bonchev–Trinajstić information content (AvgIpc) is 2.34. The maximum atomic E-state index is 7.17. The molecule has 0 bridgehead atoms. The molecule has 1 nitrogen and oxygen atoms in total. The zero-order chi connectivity index (χ0) is 6.69. The van der Waals surface area contributed by atoms with Crippen molar-refractivity contribution in [2.75, 3.05) is 6.54 Å². The van der Waals surface area contributed by atoms with Gasteiger partial charge in [-0.3, -0.25) is 0 Å². The first kappa shape index (κ1) is 7.07. The van der Waals surface area contributed by atoms with Gasteiger partial charge in [0.2, 0.25) is 0 Å². The Labute approximate surface area is 57.6 Å². The molecule has 0 aromatic carbocycles. The standard InChI is InChI=1S/C8H16N/c1-2-7-3-4-8(5-7)6-9/h7-9H,2-6H2,1H3/q-1. The van der Waals surface area contributed by atoms with Crippen molar-refractivity contribution in [2.45, 2.75) is 32.6 Å². The second-order valence-corrected chi connectivity index (χ2v) is 3.16. The van der Waals surface area contributed by atoms with E-state index in [1.165, 1.54) is 25.7 Å². The van der Waals surface area contributed by atoms with E-state index in [1.54, 1.807) is 0 Å². The van der Waals surface area contributed by atoms with Gasteiger partial charge in [0.15, 0.2) is 0 Å². The molecule has 2 unspecified atom stereocenters. The Morgan fingerprint density at radius 3 is 2.33 bits per heavy atom. The van der Waals surface area contributed by atoms with Gasteiger partial charge in [-0.05, 0) is 12.3 Å². The molecule has 1 aliphatic carbocycles. The quantitative estimate of drug-likeness (QED) is 0.543. The van der Waals surface area contributed by atoms with Gasteiger partial charge in [-0.1, -0.05) is 32.1 Å². The number of hydrogen-bond donors (Lipinski definition) is 0. The molecule has 0 aromatic heterocycles. The highest BCUT2D eigenvalue weighted by molar-refractivity contribution is 4.77. The number of rotatable bonds is 2. The van der Waals surface area contributed by atoms with Gasteiger partial charge in [-0.2, -0.15) is 0 Å². The summed E-state index contributed by atoms with van der Waals surface area (Å²) in [5.41, 5.74) is 7.17. The van der Waals surface area contributed by atoms with Gasteiger partial charge in [-0.15, -0.1) is 6.54 Å². The third-order valence-electron chi connectivity index (χ3n) is 2.52.